The topological polar surface area (TPSA) is 53.1 Å². The molecule has 0 unspecified atom stereocenters. The molecule has 2 aromatic rings. The van der Waals surface area contributed by atoms with Crippen molar-refractivity contribution >= 4 is 23.1 Å². The number of nitrogens with zero attached hydrogens (tertiary/aromatic N) is 3. The number of hydrogen-bond donors (Lipinski definition) is 0. The molecule has 2 fully saturated rings. The first-order valence-electron chi connectivity index (χ1n) is 12.0. The van der Waals surface area contributed by atoms with Crippen LogP contribution in [0.15, 0.2) is 60.3 Å². The van der Waals surface area contributed by atoms with Gasteiger partial charge in [-0.3, -0.25) is 14.5 Å². The van der Waals surface area contributed by atoms with Crippen molar-refractivity contribution < 1.29 is 14.3 Å². The third-order valence-corrected chi connectivity index (χ3v) is 7.11. The van der Waals surface area contributed by atoms with Crippen LogP contribution in [0.3, 0.4) is 0 Å². The molecule has 0 spiro atoms. The van der Waals surface area contributed by atoms with Crippen LogP contribution in [0.25, 0.3) is 5.57 Å². The monoisotopic (exact) mass is 445 g/mol. The standard InChI is InChI=1S/C27H31N3O3/c1-33-23-15-9-8-14-22(23)28-16-18-29(19-17-28)25-24(20-10-4-2-5-11-20)26(31)30(27(25)32)21-12-6-3-7-13-21/h2,4-5,8-11,14-15,21H,3,6-7,12-13,16-19H2,1H3. The summed E-state index contributed by atoms with van der Waals surface area (Å²) in [5, 5.41) is 0. The molecular weight excluding hydrogens is 414 g/mol. The quantitative estimate of drug-likeness (QED) is 0.653. The molecule has 1 saturated heterocycles. The van der Waals surface area contributed by atoms with Gasteiger partial charge in [0.15, 0.2) is 0 Å². The van der Waals surface area contributed by atoms with E-state index in [1.807, 2.05) is 48.5 Å². The number of hydrogen-bond acceptors (Lipinski definition) is 5. The highest BCUT2D eigenvalue weighted by Crippen LogP contribution is 2.37. The van der Waals surface area contributed by atoms with E-state index in [-0.39, 0.29) is 17.9 Å². The van der Waals surface area contributed by atoms with Gasteiger partial charge in [0.25, 0.3) is 11.8 Å². The Labute approximate surface area is 195 Å². The lowest BCUT2D eigenvalue weighted by Gasteiger charge is -2.38. The molecule has 0 aromatic heterocycles. The highest BCUT2D eigenvalue weighted by Gasteiger charge is 2.45. The molecule has 2 amide bonds. The van der Waals surface area contributed by atoms with Crippen molar-refractivity contribution in [3.8, 4) is 5.75 Å². The second-order valence-corrected chi connectivity index (χ2v) is 9.01. The number of amides is 2. The van der Waals surface area contributed by atoms with Gasteiger partial charge in [0.2, 0.25) is 0 Å². The Balaban J connectivity index is 1.43. The van der Waals surface area contributed by atoms with Crippen molar-refractivity contribution in [1.82, 2.24) is 9.80 Å². The summed E-state index contributed by atoms with van der Waals surface area (Å²) in [7, 11) is 1.69. The summed E-state index contributed by atoms with van der Waals surface area (Å²) in [5.74, 6) is 0.613. The van der Waals surface area contributed by atoms with Gasteiger partial charge in [-0.05, 0) is 30.5 Å². The highest BCUT2D eigenvalue weighted by atomic mass is 16.5. The summed E-state index contributed by atoms with van der Waals surface area (Å²) >= 11 is 0. The Kier molecular flexibility index (Phi) is 6.07. The molecular formula is C27H31N3O3. The van der Waals surface area contributed by atoms with Crippen molar-refractivity contribution in [3.63, 3.8) is 0 Å². The third kappa shape index (κ3) is 3.99. The number of imide groups is 1. The zero-order valence-corrected chi connectivity index (χ0v) is 19.2. The minimum atomic E-state index is -0.125. The first-order valence-corrected chi connectivity index (χ1v) is 12.0. The molecule has 3 aliphatic rings. The fourth-order valence-corrected chi connectivity index (χ4v) is 5.43. The molecule has 6 nitrogen and oxygen atoms in total. The molecule has 1 aliphatic carbocycles. The lowest BCUT2D eigenvalue weighted by atomic mass is 9.94. The van der Waals surface area contributed by atoms with E-state index < -0.39 is 0 Å². The van der Waals surface area contributed by atoms with Crippen LogP contribution in [-0.2, 0) is 9.59 Å². The van der Waals surface area contributed by atoms with Gasteiger partial charge in [-0.2, -0.15) is 0 Å². The highest BCUT2D eigenvalue weighted by molar-refractivity contribution is 6.35. The van der Waals surface area contributed by atoms with E-state index in [1.165, 1.54) is 6.42 Å². The number of para-hydroxylation sites is 2. The normalized spacial score (nSPS) is 20.1. The van der Waals surface area contributed by atoms with Crippen molar-refractivity contribution in [1.29, 1.82) is 0 Å². The van der Waals surface area contributed by atoms with Crippen LogP contribution in [0.1, 0.15) is 37.7 Å². The SMILES string of the molecule is COc1ccccc1N1CCN(C2=C(c3ccccc3)C(=O)N(C3CCCCC3)C2=O)CC1. The summed E-state index contributed by atoms with van der Waals surface area (Å²) in [5.41, 5.74) is 3.04. The second-order valence-electron chi connectivity index (χ2n) is 9.01. The number of piperazine rings is 1. The van der Waals surface area contributed by atoms with Gasteiger partial charge in [-0.25, -0.2) is 0 Å². The molecule has 2 aliphatic heterocycles. The van der Waals surface area contributed by atoms with Crippen molar-refractivity contribution in [2.24, 2.45) is 0 Å². The number of carbonyl (C=O) groups excluding carboxylic acids is 2. The fourth-order valence-electron chi connectivity index (χ4n) is 5.43. The van der Waals surface area contributed by atoms with Crippen LogP contribution in [0.4, 0.5) is 5.69 Å². The van der Waals surface area contributed by atoms with Gasteiger partial charge >= 0.3 is 0 Å². The Morgan fingerprint density at radius 1 is 0.758 bits per heavy atom. The van der Waals surface area contributed by atoms with E-state index in [0.29, 0.717) is 24.4 Å². The van der Waals surface area contributed by atoms with E-state index >= 15 is 0 Å². The summed E-state index contributed by atoms with van der Waals surface area (Å²) in [4.78, 5) is 33.3. The van der Waals surface area contributed by atoms with Crippen LogP contribution in [0.5, 0.6) is 5.75 Å². The Bertz CT molecular complexity index is 1050. The van der Waals surface area contributed by atoms with Gasteiger partial charge < -0.3 is 14.5 Å². The number of anilines is 1. The Morgan fingerprint density at radius 3 is 2.09 bits per heavy atom. The summed E-state index contributed by atoms with van der Waals surface area (Å²) in [6.45, 7) is 2.89. The van der Waals surface area contributed by atoms with Crippen molar-refractivity contribution in [3.05, 3.63) is 65.9 Å². The van der Waals surface area contributed by atoms with Gasteiger partial charge in [0, 0.05) is 32.2 Å². The molecule has 6 heteroatoms. The number of rotatable bonds is 5. The second kappa shape index (κ2) is 9.30. The molecule has 172 valence electrons. The predicted octanol–water partition coefficient (Wildman–Crippen LogP) is 3.93. The number of carbonyl (C=O) groups is 2. The zero-order chi connectivity index (χ0) is 22.8. The smallest absolute Gasteiger partial charge is 0.278 e. The molecule has 0 N–H and O–H groups in total. The van der Waals surface area contributed by atoms with Crippen LogP contribution >= 0.6 is 0 Å². The molecule has 5 rings (SSSR count). The molecule has 2 heterocycles. The largest absolute Gasteiger partial charge is 0.495 e. The maximum atomic E-state index is 13.7. The maximum Gasteiger partial charge on any atom is 0.278 e. The summed E-state index contributed by atoms with van der Waals surface area (Å²) < 4.78 is 5.54. The fraction of sp³-hybridized carbons (Fsp3) is 0.407. The molecule has 1 saturated carbocycles. The van der Waals surface area contributed by atoms with E-state index in [2.05, 4.69) is 15.9 Å². The van der Waals surface area contributed by atoms with Crippen LogP contribution in [-0.4, -0.2) is 60.9 Å². The van der Waals surface area contributed by atoms with Gasteiger partial charge in [0.1, 0.15) is 11.4 Å². The maximum absolute atomic E-state index is 13.7. The predicted molar refractivity (Wildman–Crippen MR) is 129 cm³/mol. The van der Waals surface area contributed by atoms with E-state index in [0.717, 1.165) is 55.8 Å². The molecule has 0 bridgehead atoms. The molecule has 2 aromatic carbocycles. The third-order valence-electron chi connectivity index (χ3n) is 7.11. The van der Waals surface area contributed by atoms with Gasteiger partial charge in [-0.1, -0.05) is 61.7 Å². The van der Waals surface area contributed by atoms with E-state index in [1.54, 1.807) is 12.0 Å². The average Bonchev–Trinajstić information content (AvgIpc) is 3.14. The van der Waals surface area contributed by atoms with E-state index in [4.69, 9.17) is 4.74 Å². The minimum Gasteiger partial charge on any atom is -0.495 e. The zero-order valence-electron chi connectivity index (χ0n) is 19.2. The summed E-state index contributed by atoms with van der Waals surface area (Å²) in [6, 6.07) is 17.7. The Hall–Kier alpha value is -3.28. The Morgan fingerprint density at radius 2 is 1.39 bits per heavy atom. The number of methoxy groups -OCH3 is 1. The minimum absolute atomic E-state index is 0.0184. The van der Waals surface area contributed by atoms with Gasteiger partial charge in [-0.15, -0.1) is 0 Å². The van der Waals surface area contributed by atoms with Gasteiger partial charge in [0.05, 0.1) is 18.4 Å². The lowest BCUT2D eigenvalue weighted by molar-refractivity contribution is -0.141. The molecule has 0 atom stereocenters. The average molecular weight is 446 g/mol. The van der Waals surface area contributed by atoms with Crippen molar-refractivity contribution in [2.45, 2.75) is 38.1 Å². The molecule has 33 heavy (non-hydrogen) atoms. The number of ether oxygens (including phenoxy) is 1. The summed E-state index contributed by atoms with van der Waals surface area (Å²) in [6.07, 6.45) is 5.16. The first-order chi connectivity index (χ1) is 16.2. The number of benzene rings is 2. The first kappa shape index (κ1) is 21.6. The van der Waals surface area contributed by atoms with Crippen molar-refractivity contribution in [2.75, 3.05) is 38.2 Å². The van der Waals surface area contributed by atoms with Crippen LogP contribution in [0.2, 0.25) is 0 Å². The molecule has 0 radical (unpaired) electrons. The van der Waals surface area contributed by atoms with Crippen LogP contribution in [0, 0.1) is 0 Å². The van der Waals surface area contributed by atoms with E-state index in [9.17, 15) is 9.59 Å². The van der Waals surface area contributed by atoms with Crippen LogP contribution < -0.4 is 9.64 Å². The lowest BCUT2D eigenvalue weighted by Crippen LogP contribution is -2.49.